The fourth-order valence-electron chi connectivity index (χ4n) is 1.45. The third-order valence-electron chi connectivity index (χ3n) is 2.26. The van der Waals surface area contributed by atoms with E-state index in [1.807, 2.05) is 25.1 Å². The zero-order valence-electron chi connectivity index (χ0n) is 8.77. The Balaban J connectivity index is 2.36. The van der Waals surface area contributed by atoms with E-state index in [0.29, 0.717) is 6.54 Å². The summed E-state index contributed by atoms with van der Waals surface area (Å²) in [6.07, 6.45) is 1.70. The first-order valence-electron chi connectivity index (χ1n) is 5.09. The fourth-order valence-corrected chi connectivity index (χ4v) is 1.45. The van der Waals surface area contributed by atoms with Crippen LogP contribution in [0.3, 0.4) is 0 Å². The van der Waals surface area contributed by atoms with E-state index in [0.717, 1.165) is 29.7 Å². The number of benzene rings is 1. The molecule has 4 heteroatoms. The minimum Gasteiger partial charge on any atom is -0.330 e. The summed E-state index contributed by atoms with van der Waals surface area (Å²) < 4.78 is 0. The van der Waals surface area contributed by atoms with Crippen molar-refractivity contribution in [2.75, 3.05) is 6.54 Å². The molecule has 78 valence electrons. The van der Waals surface area contributed by atoms with Gasteiger partial charge in [-0.25, -0.2) is 4.98 Å². The average molecular weight is 202 g/mol. The molecule has 0 bridgehead atoms. The van der Waals surface area contributed by atoms with Gasteiger partial charge < -0.3 is 5.73 Å². The second-order valence-corrected chi connectivity index (χ2v) is 3.61. The minimum atomic E-state index is 0.662. The molecule has 2 rings (SSSR count). The van der Waals surface area contributed by atoms with Crippen LogP contribution in [-0.2, 0) is 6.42 Å². The van der Waals surface area contributed by atoms with Gasteiger partial charge in [-0.05, 0) is 37.6 Å². The van der Waals surface area contributed by atoms with Crippen molar-refractivity contribution in [1.82, 2.24) is 15.2 Å². The molecule has 0 fully saturated rings. The Bertz CT molecular complexity index is 467. The molecule has 0 saturated heterocycles. The Morgan fingerprint density at radius 1 is 1.20 bits per heavy atom. The van der Waals surface area contributed by atoms with Crippen LogP contribution in [0.1, 0.15) is 17.8 Å². The van der Waals surface area contributed by atoms with Gasteiger partial charge in [-0.3, -0.25) is 0 Å². The fraction of sp³-hybridized carbons (Fsp3) is 0.364. The summed E-state index contributed by atoms with van der Waals surface area (Å²) in [4.78, 5) is 4.44. The molecule has 1 aromatic heterocycles. The van der Waals surface area contributed by atoms with Gasteiger partial charge >= 0.3 is 0 Å². The van der Waals surface area contributed by atoms with Crippen molar-refractivity contribution in [3.63, 3.8) is 0 Å². The Morgan fingerprint density at radius 2 is 2.07 bits per heavy atom. The molecule has 2 N–H and O–H groups in total. The van der Waals surface area contributed by atoms with Gasteiger partial charge in [0.1, 0.15) is 5.52 Å². The number of nitrogens with two attached hydrogens (primary N) is 1. The summed E-state index contributed by atoms with van der Waals surface area (Å²) in [5, 5.41) is 8.18. The van der Waals surface area contributed by atoms with E-state index in [9.17, 15) is 0 Å². The maximum absolute atomic E-state index is 5.44. The van der Waals surface area contributed by atoms with Gasteiger partial charge in [-0.15, -0.1) is 10.2 Å². The van der Waals surface area contributed by atoms with Crippen molar-refractivity contribution in [2.45, 2.75) is 19.8 Å². The van der Waals surface area contributed by atoms with Crippen LogP contribution in [0, 0.1) is 6.92 Å². The van der Waals surface area contributed by atoms with Crippen LogP contribution in [0.2, 0.25) is 0 Å². The molecular weight excluding hydrogens is 188 g/mol. The quantitative estimate of drug-likeness (QED) is 0.812. The van der Waals surface area contributed by atoms with E-state index in [4.69, 9.17) is 5.73 Å². The number of nitrogens with zero attached hydrogens (tertiary/aromatic N) is 3. The molecule has 0 saturated carbocycles. The highest BCUT2D eigenvalue weighted by atomic mass is 15.1. The first-order chi connectivity index (χ1) is 7.29. The van der Waals surface area contributed by atoms with Gasteiger partial charge in [0, 0.05) is 6.42 Å². The van der Waals surface area contributed by atoms with Crippen LogP contribution >= 0.6 is 0 Å². The Hall–Kier alpha value is -1.55. The number of fused-ring (bicyclic) bond motifs is 1. The molecule has 0 amide bonds. The minimum absolute atomic E-state index is 0.662. The average Bonchev–Trinajstić information content (AvgIpc) is 2.25. The van der Waals surface area contributed by atoms with E-state index < -0.39 is 0 Å². The molecule has 4 nitrogen and oxygen atoms in total. The Kier molecular flexibility index (Phi) is 2.87. The molecule has 0 atom stereocenters. The summed E-state index contributed by atoms with van der Waals surface area (Å²) in [7, 11) is 0. The normalized spacial score (nSPS) is 10.8. The highest BCUT2D eigenvalue weighted by Crippen LogP contribution is 2.10. The molecular formula is C11H14N4. The number of rotatable bonds is 3. The molecule has 1 heterocycles. The lowest BCUT2D eigenvalue weighted by atomic mass is 10.2. The van der Waals surface area contributed by atoms with E-state index in [1.54, 1.807) is 0 Å². The smallest absolute Gasteiger partial charge is 0.151 e. The Labute approximate surface area is 88.5 Å². The highest BCUT2D eigenvalue weighted by Gasteiger charge is 2.01. The molecule has 0 aliphatic carbocycles. The number of hydrogen-bond donors (Lipinski definition) is 1. The monoisotopic (exact) mass is 202 g/mol. The highest BCUT2D eigenvalue weighted by molar-refractivity contribution is 5.74. The Morgan fingerprint density at radius 3 is 2.87 bits per heavy atom. The number of aryl methyl sites for hydroxylation is 2. The van der Waals surface area contributed by atoms with Crippen molar-refractivity contribution in [2.24, 2.45) is 5.73 Å². The van der Waals surface area contributed by atoms with Crippen molar-refractivity contribution >= 4 is 11.0 Å². The first-order valence-corrected chi connectivity index (χ1v) is 5.09. The van der Waals surface area contributed by atoms with Crippen molar-refractivity contribution in [3.05, 3.63) is 29.6 Å². The van der Waals surface area contributed by atoms with Crippen LogP contribution in [-0.4, -0.2) is 21.7 Å². The van der Waals surface area contributed by atoms with Crippen LogP contribution in [0.5, 0.6) is 0 Å². The van der Waals surface area contributed by atoms with Gasteiger partial charge in [-0.1, -0.05) is 6.07 Å². The first kappa shape index (κ1) is 9.98. The second-order valence-electron chi connectivity index (χ2n) is 3.61. The molecule has 15 heavy (non-hydrogen) atoms. The van der Waals surface area contributed by atoms with Gasteiger partial charge in [0.2, 0.25) is 0 Å². The zero-order chi connectivity index (χ0) is 10.7. The van der Waals surface area contributed by atoms with Crippen LogP contribution in [0.4, 0.5) is 0 Å². The summed E-state index contributed by atoms with van der Waals surface area (Å²) in [5.74, 6) is 0.776. The summed E-state index contributed by atoms with van der Waals surface area (Å²) in [5.41, 5.74) is 8.38. The van der Waals surface area contributed by atoms with Crippen molar-refractivity contribution in [3.8, 4) is 0 Å². The lowest BCUT2D eigenvalue weighted by Crippen LogP contribution is -2.04. The van der Waals surface area contributed by atoms with E-state index >= 15 is 0 Å². The lowest BCUT2D eigenvalue weighted by molar-refractivity contribution is 0.764. The predicted octanol–water partition coefficient (Wildman–Crippen LogP) is 1.22. The van der Waals surface area contributed by atoms with Gasteiger partial charge in [0.05, 0.1) is 5.52 Å². The standard InChI is InChI=1S/C11H14N4/c1-8-4-5-9-10(7-8)13-11(15-14-9)3-2-6-12/h4-5,7H,2-3,6,12H2,1H3. The maximum Gasteiger partial charge on any atom is 0.151 e. The molecule has 0 radical (unpaired) electrons. The molecule has 2 aromatic rings. The molecule has 1 aromatic carbocycles. The molecule has 0 unspecified atom stereocenters. The second kappa shape index (κ2) is 4.31. The molecule has 0 aliphatic rings. The maximum atomic E-state index is 5.44. The van der Waals surface area contributed by atoms with E-state index in [-0.39, 0.29) is 0 Å². The zero-order valence-corrected chi connectivity index (χ0v) is 8.77. The SMILES string of the molecule is Cc1ccc2nnc(CCCN)nc2c1. The summed E-state index contributed by atoms with van der Waals surface area (Å²) in [6.45, 7) is 2.70. The van der Waals surface area contributed by atoms with Crippen LogP contribution in [0.15, 0.2) is 18.2 Å². The summed E-state index contributed by atoms with van der Waals surface area (Å²) >= 11 is 0. The van der Waals surface area contributed by atoms with Crippen molar-refractivity contribution in [1.29, 1.82) is 0 Å². The third kappa shape index (κ3) is 2.27. The van der Waals surface area contributed by atoms with E-state index in [2.05, 4.69) is 15.2 Å². The largest absolute Gasteiger partial charge is 0.330 e. The predicted molar refractivity (Wildman–Crippen MR) is 59.4 cm³/mol. The van der Waals surface area contributed by atoms with Gasteiger partial charge in [0.25, 0.3) is 0 Å². The molecule has 0 aliphatic heterocycles. The number of aromatic nitrogens is 3. The van der Waals surface area contributed by atoms with Crippen molar-refractivity contribution < 1.29 is 0 Å². The van der Waals surface area contributed by atoms with Gasteiger partial charge in [-0.2, -0.15) is 0 Å². The summed E-state index contributed by atoms with van der Waals surface area (Å²) in [6, 6.07) is 5.98. The molecule has 0 spiro atoms. The van der Waals surface area contributed by atoms with Crippen LogP contribution < -0.4 is 5.73 Å². The topological polar surface area (TPSA) is 64.7 Å². The van der Waals surface area contributed by atoms with Gasteiger partial charge in [0.15, 0.2) is 5.82 Å². The third-order valence-corrected chi connectivity index (χ3v) is 2.26. The van der Waals surface area contributed by atoms with E-state index in [1.165, 1.54) is 5.56 Å². The number of hydrogen-bond acceptors (Lipinski definition) is 4. The van der Waals surface area contributed by atoms with Crippen LogP contribution in [0.25, 0.3) is 11.0 Å². The lowest BCUT2D eigenvalue weighted by Gasteiger charge is -2.00.